The van der Waals surface area contributed by atoms with Gasteiger partial charge in [0, 0.05) is 0 Å². The highest BCUT2D eigenvalue weighted by molar-refractivity contribution is 7.82. The smallest absolute Gasteiger partial charge is 0.0962 e. The van der Waals surface area contributed by atoms with Crippen molar-refractivity contribution in [2.75, 3.05) is 0 Å². The van der Waals surface area contributed by atoms with E-state index in [0.717, 1.165) is 5.56 Å². The first-order valence-corrected chi connectivity index (χ1v) is 4.69. The summed E-state index contributed by atoms with van der Waals surface area (Å²) in [6.45, 7) is 1.85. The summed E-state index contributed by atoms with van der Waals surface area (Å²) in [7, 11) is -1.26. The molecule has 2 N–H and O–H groups in total. The van der Waals surface area contributed by atoms with Crippen molar-refractivity contribution in [2.45, 2.75) is 12.2 Å². The molecule has 0 aliphatic carbocycles. The van der Waals surface area contributed by atoms with Crippen LogP contribution in [0.3, 0.4) is 0 Å². The standard InChI is InChI=1S/C8H11NOS/c1-7(11(9)10)8-5-3-2-4-6-8/h2-7H,9H2,1H3/t7-,11-/m1/s1. The van der Waals surface area contributed by atoms with Gasteiger partial charge in [0.1, 0.15) is 0 Å². The first kappa shape index (κ1) is 8.43. The van der Waals surface area contributed by atoms with Gasteiger partial charge in [-0.15, -0.1) is 0 Å². The largest absolute Gasteiger partial charge is 0.251 e. The molecule has 0 heterocycles. The topological polar surface area (TPSA) is 43.1 Å². The average molecular weight is 169 g/mol. The van der Waals surface area contributed by atoms with Crippen molar-refractivity contribution >= 4 is 11.0 Å². The molecule has 0 aromatic heterocycles. The van der Waals surface area contributed by atoms with Crippen LogP contribution in [0.4, 0.5) is 0 Å². The van der Waals surface area contributed by atoms with Gasteiger partial charge in [0.2, 0.25) is 0 Å². The van der Waals surface area contributed by atoms with Gasteiger partial charge in [-0.2, -0.15) is 0 Å². The molecule has 2 nitrogen and oxygen atoms in total. The van der Waals surface area contributed by atoms with Crippen LogP contribution in [0, 0.1) is 0 Å². The molecular weight excluding hydrogens is 158 g/mol. The number of rotatable bonds is 2. The molecule has 1 aromatic rings. The Labute approximate surface area is 69.0 Å². The summed E-state index contributed by atoms with van der Waals surface area (Å²) in [5.74, 6) is 0. The van der Waals surface area contributed by atoms with Gasteiger partial charge >= 0.3 is 0 Å². The van der Waals surface area contributed by atoms with Gasteiger partial charge < -0.3 is 0 Å². The van der Waals surface area contributed by atoms with Gasteiger partial charge in [-0.1, -0.05) is 30.3 Å². The second-order valence-electron chi connectivity index (χ2n) is 2.38. The lowest BCUT2D eigenvalue weighted by atomic mass is 10.2. The van der Waals surface area contributed by atoms with E-state index >= 15 is 0 Å². The maximum Gasteiger partial charge on any atom is 0.0962 e. The zero-order chi connectivity index (χ0) is 8.27. The summed E-state index contributed by atoms with van der Waals surface area (Å²) in [6, 6.07) is 9.61. The minimum absolute atomic E-state index is 0.0730. The molecule has 0 radical (unpaired) electrons. The second kappa shape index (κ2) is 3.64. The highest BCUT2D eigenvalue weighted by Gasteiger charge is 2.07. The van der Waals surface area contributed by atoms with Gasteiger partial charge in [0.05, 0.1) is 16.2 Å². The highest BCUT2D eigenvalue weighted by atomic mass is 32.2. The molecule has 0 saturated heterocycles. The molecule has 0 aliphatic rings. The van der Waals surface area contributed by atoms with Crippen LogP contribution in [0.25, 0.3) is 0 Å². The number of benzene rings is 1. The lowest BCUT2D eigenvalue weighted by molar-refractivity contribution is 0.677. The lowest BCUT2D eigenvalue weighted by Crippen LogP contribution is -2.10. The first-order chi connectivity index (χ1) is 5.22. The van der Waals surface area contributed by atoms with Crippen molar-refractivity contribution in [2.24, 2.45) is 5.14 Å². The van der Waals surface area contributed by atoms with E-state index in [1.165, 1.54) is 0 Å². The monoisotopic (exact) mass is 169 g/mol. The minimum Gasteiger partial charge on any atom is -0.251 e. The molecule has 60 valence electrons. The van der Waals surface area contributed by atoms with Crippen molar-refractivity contribution in [1.82, 2.24) is 0 Å². The highest BCUT2D eigenvalue weighted by Crippen LogP contribution is 2.15. The molecule has 0 fully saturated rings. The molecule has 1 rings (SSSR count). The minimum atomic E-state index is -1.26. The normalized spacial score (nSPS) is 15.8. The Morgan fingerprint density at radius 3 is 2.36 bits per heavy atom. The van der Waals surface area contributed by atoms with E-state index in [1.807, 2.05) is 37.3 Å². The Morgan fingerprint density at radius 1 is 1.36 bits per heavy atom. The zero-order valence-corrected chi connectivity index (χ0v) is 7.17. The maximum absolute atomic E-state index is 10.8. The molecular formula is C8H11NOS. The van der Waals surface area contributed by atoms with Crippen LogP contribution in [0.1, 0.15) is 17.7 Å². The third-order valence-electron chi connectivity index (χ3n) is 1.62. The lowest BCUT2D eigenvalue weighted by Gasteiger charge is -2.06. The van der Waals surface area contributed by atoms with E-state index in [1.54, 1.807) is 0 Å². The summed E-state index contributed by atoms with van der Waals surface area (Å²) in [4.78, 5) is 0. The molecule has 0 unspecified atom stereocenters. The van der Waals surface area contributed by atoms with E-state index in [9.17, 15) is 4.21 Å². The van der Waals surface area contributed by atoms with Crippen molar-refractivity contribution in [3.05, 3.63) is 35.9 Å². The van der Waals surface area contributed by atoms with E-state index in [0.29, 0.717) is 0 Å². The Kier molecular flexibility index (Phi) is 2.79. The molecule has 2 atom stereocenters. The SMILES string of the molecule is C[C@H](c1ccccc1)[S@](N)=O. The maximum atomic E-state index is 10.8. The van der Waals surface area contributed by atoms with Crippen molar-refractivity contribution in [3.8, 4) is 0 Å². The third kappa shape index (κ3) is 2.13. The van der Waals surface area contributed by atoms with E-state index in [-0.39, 0.29) is 5.25 Å². The predicted octanol–water partition coefficient (Wildman–Crippen LogP) is 1.37. The predicted molar refractivity (Wildman–Crippen MR) is 47.2 cm³/mol. The van der Waals surface area contributed by atoms with Crippen LogP contribution in [-0.4, -0.2) is 4.21 Å². The van der Waals surface area contributed by atoms with Crippen LogP contribution in [-0.2, 0) is 11.0 Å². The van der Waals surface area contributed by atoms with Gasteiger partial charge in [-0.05, 0) is 12.5 Å². The number of nitrogens with two attached hydrogens (primary N) is 1. The van der Waals surface area contributed by atoms with Crippen LogP contribution >= 0.6 is 0 Å². The average Bonchev–Trinajstić information content (AvgIpc) is 2.05. The van der Waals surface area contributed by atoms with E-state index < -0.39 is 11.0 Å². The Balaban J connectivity index is 2.85. The summed E-state index contributed by atoms with van der Waals surface area (Å²) >= 11 is 0. The fraction of sp³-hybridized carbons (Fsp3) is 0.250. The summed E-state index contributed by atoms with van der Waals surface area (Å²) in [6.07, 6.45) is 0. The van der Waals surface area contributed by atoms with Crippen LogP contribution in [0.15, 0.2) is 30.3 Å². The molecule has 1 aromatic carbocycles. The number of hydrogen-bond acceptors (Lipinski definition) is 1. The fourth-order valence-electron chi connectivity index (χ4n) is 0.858. The van der Waals surface area contributed by atoms with Gasteiger partial charge in [-0.25, -0.2) is 4.21 Å². The third-order valence-corrected chi connectivity index (χ3v) is 2.59. The molecule has 0 bridgehead atoms. The first-order valence-electron chi connectivity index (χ1n) is 3.41. The quantitative estimate of drug-likeness (QED) is 0.714. The van der Waals surface area contributed by atoms with Gasteiger partial charge in [0.25, 0.3) is 0 Å². The molecule has 3 heteroatoms. The van der Waals surface area contributed by atoms with Crippen LogP contribution in [0.5, 0.6) is 0 Å². The Morgan fingerprint density at radius 2 is 1.91 bits per heavy atom. The zero-order valence-electron chi connectivity index (χ0n) is 6.36. The molecule has 0 aliphatic heterocycles. The second-order valence-corrected chi connectivity index (χ2v) is 3.75. The summed E-state index contributed by atoms with van der Waals surface area (Å²) in [5.41, 5.74) is 1.02. The Bertz CT molecular complexity index is 248. The molecule has 0 amide bonds. The molecule has 0 spiro atoms. The summed E-state index contributed by atoms with van der Waals surface area (Å²) < 4.78 is 10.8. The van der Waals surface area contributed by atoms with Crippen molar-refractivity contribution in [1.29, 1.82) is 0 Å². The van der Waals surface area contributed by atoms with Crippen LogP contribution < -0.4 is 5.14 Å². The summed E-state index contributed by atoms with van der Waals surface area (Å²) in [5, 5.41) is 5.17. The Hall–Kier alpha value is -0.670. The van der Waals surface area contributed by atoms with Gasteiger partial charge in [-0.3, -0.25) is 5.14 Å². The van der Waals surface area contributed by atoms with Crippen molar-refractivity contribution in [3.63, 3.8) is 0 Å². The van der Waals surface area contributed by atoms with E-state index in [4.69, 9.17) is 5.14 Å². The van der Waals surface area contributed by atoms with Crippen LogP contribution in [0.2, 0.25) is 0 Å². The number of hydrogen-bond donors (Lipinski definition) is 1. The van der Waals surface area contributed by atoms with Gasteiger partial charge in [0.15, 0.2) is 0 Å². The molecule has 0 saturated carbocycles. The molecule has 11 heavy (non-hydrogen) atoms. The fourth-order valence-corrected chi connectivity index (χ4v) is 1.28. The van der Waals surface area contributed by atoms with Crippen molar-refractivity contribution < 1.29 is 4.21 Å². The van der Waals surface area contributed by atoms with E-state index in [2.05, 4.69) is 0 Å².